The van der Waals surface area contributed by atoms with E-state index in [-0.39, 0.29) is 11.7 Å². The van der Waals surface area contributed by atoms with Gasteiger partial charge in [0, 0.05) is 7.11 Å². The first-order chi connectivity index (χ1) is 14.9. The molecule has 0 saturated carbocycles. The van der Waals surface area contributed by atoms with Crippen molar-refractivity contribution in [3.63, 3.8) is 0 Å². The molecule has 0 bridgehead atoms. The van der Waals surface area contributed by atoms with Crippen LogP contribution in [0.25, 0.3) is 0 Å². The zero-order valence-electron chi connectivity index (χ0n) is 17.8. The van der Waals surface area contributed by atoms with Crippen molar-refractivity contribution in [3.8, 4) is 11.5 Å². The molecule has 0 spiro atoms. The van der Waals surface area contributed by atoms with Crippen LogP contribution in [0.1, 0.15) is 35.7 Å². The molecule has 2 rings (SSSR count). The Labute approximate surface area is 187 Å². The maximum absolute atomic E-state index is 12.5. The average Bonchev–Trinajstić information content (AvgIpc) is 2.77. The number of carbonyl (C=O) groups is 2. The third-order valence-electron chi connectivity index (χ3n) is 4.14. The lowest BCUT2D eigenvalue weighted by Crippen LogP contribution is -2.49. The molecule has 0 aliphatic heterocycles. The fourth-order valence-corrected chi connectivity index (χ4v) is 2.62. The van der Waals surface area contributed by atoms with Crippen LogP contribution in [0.3, 0.4) is 0 Å². The van der Waals surface area contributed by atoms with E-state index in [0.29, 0.717) is 36.2 Å². The number of nitrogens with one attached hydrogen (secondary N) is 3. The highest BCUT2D eigenvalue weighted by Gasteiger charge is 2.14. The van der Waals surface area contributed by atoms with E-state index < -0.39 is 11.8 Å². The number of hydrogen-bond acceptors (Lipinski definition) is 6. The van der Waals surface area contributed by atoms with Crippen molar-refractivity contribution in [2.75, 3.05) is 26.9 Å². The average molecular weight is 446 g/mol. The number of hydrogen-bond donors (Lipinski definition) is 3. The predicted molar refractivity (Wildman–Crippen MR) is 121 cm³/mol. The monoisotopic (exact) mass is 445 g/mol. The highest BCUT2D eigenvalue weighted by Crippen LogP contribution is 2.19. The Bertz CT molecular complexity index is 887. The number of benzene rings is 2. The molecule has 0 atom stereocenters. The molecule has 2 amide bonds. The van der Waals surface area contributed by atoms with Crippen LogP contribution in [0.5, 0.6) is 11.5 Å². The topological polar surface area (TPSA) is 97.9 Å². The number of rotatable bonds is 9. The first kappa shape index (κ1) is 24.1. The molecule has 0 unspecified atom stereocenters. The molecule has 0 saturated heterocycles. The largest absolute Gasteiger partial charge is 0.490 e. The highest BCUT2D eigenvalue weighted by molar-refractivity contribution is 7.80. The predicted octanol–water partition coefficient (Wildman–Crippen LogP) is 2.55. The summed E-state index contributed by atoms with van der Waals surface area (Å²) in [5, 5.41) is 2.42. The maximum Gasteiger partial charge on any atom is 0.276 e. The number of thiocarbonyl (C=S) groups is 1. The molecule has 0 fully saturated rings. The SMILES string of the molecule is COCCOc1ccccc1C(=O)NC(=S)NNC(=O)COc1ccc(C(C)C)cc1. The summed E-state index contributed by atoms with van der Waals surface area (Å²) in [6.45, 7) is 4.69. The van der Waals surface area contributed by atoms with Crippen molar-refractivity contribution >= 4 is 29.1 Å². The maximum atomic E-state index is 12.5. The van der Waals surface area contributed by atoms with Crippen LogP contribution in [-0.4, -0.2) is 43.9 Å². The van der Waals surface area contributed by atoms with Gasteiger partial charge in [-0.25, -0.2) is 0 Å². The number of ether oxygens (including phenoxy) is 3. The second-order valence-electron chi connectivity index (χ2n) is 6.81. The normalized spacial score (nSPS) is 10.3. The van der Waals surface area contributed by atoms with Gasteiger partial charge in [-0.05, 0) is 48.0 Å². The van der Waals surface area contributed by atoms with E-state index in [1.807, 2.05) is 24.3 Å². The highest BCUT2D eigenvalue weighted by atomic mass is 32.1. The van der Waals surface area contributed by atoms with Crippen molar-refractivity contribution in [1.29, 1.82) is 0 Å². The Morgan fingerprint density at radius 1 is 0.968 bits per heavy atom. The Morgan fingerprint density at radius 2 is 1.68 bits per heavy atom. The van der Waals surface area contributed by atoms with E-state index >= 15 is 0 Å². The second kappa shape index (κ2) is 12.5. The van der Waals surface area contributed by atoms with Gasteiger partial charge < -0.3 is 14.2 Å². The van der Waals surface area contributed by atoms with E-state index in [9.17, 15) is 9.59 Å². The standard InChI is InChI=1S/C22H27N3O5S/c1-15(2)16-8-10-17(11-9-16)30-14-20(26)24-25-22(31)23-21(27)18-6-4-5-7-19(18)29-13-12-28-3/h4-11,15H,12-14H2,1-3H3,(H,24,26)(H2,23,25,27,31). The lowest BCUT2D eigenvalue weighted by molar-refractivity contribution is -0.123. The first-order valence-corrected chi connectivity index (χ1v) is 10.1. The van der Waals surface area contributed by atoms with Crippen LogP contribution in [0.15, 0.2) is 48.5 Å². The van der Waals surface area contributed by atoms with E-state index in [4.69, 9.17) is 26.4 Å². The summed E-state index contributed by atoms with van der Waals surface area (Å²) in [4.78, 5) is 24.4. The van der Waals surface area contributed by atoms with E-state index in [0.717, 1.165) is 0 Å². The summed E-state index contributed by atoms with van der Waals surface area (Å²) < 4.78 is 15.9. The van der Waals surface area contributed by atoms with Crippen LogP contribution >= 0.6 is 12.2 Å². The number of para-hydroxylation sites is 1. The summed E-state index contributed by atoms with van der Waals surface area (Å²) in [7, 11) is 1.56. The van der Waals surface area contributed by atoms with Crippen LogP contribution < -0.4 is 25.6 Å². The number of amides is 2. The smallest absolute Gasteiger partial charge is 0.276 e. The Morgan fingerprint density at radius 3 is 2.35 bits per heavy atom. The summed E-state index contributed by atoms with van der Waals surface area (Å²) >= 11 is 5.06. The van der Waals surface area contributed by atoms with Crippen LogP contribution in [0.4, 0.5) is 0 Å². The molecule has 0 aromatic heterocycles. The molecule has 2 aromatic carbocycles. The van der Waals surface area contributed by atoms with Crippen LogP contribution in [0.2, 0.25) is 0 Å². The lowest BCUT2D eigenvalue weighted by Gasteiger charge is -2.13. The number of hydrazine groups is 1. The van der Waals surface area contributed by atoms with Gasteiger partial charge in [-0.3, -0.25) is 25.8 Å². The molecule has 0 heterocycles. The molecular weight excluding hydrogens is 418 g/mol. The third kappa shape index (κ3) is 8.23. The van der Waals surface area contributed by atoms with E-state index in [1.54, 1.807) is 31.4 Å². The summed E-state index contributed by atoms with van der Waals surface area (Å²) in [5.41, 5.74) is 6.35. The van der Waals surface area contributed by atoms with Gasteiger partial charge in [-0.1, -0.05) is 38.1 Å². The first-order valence-electron chi connectivity index (χ1n) is 9.74. The number of carbonyl (C=O) groups excluding carboxylic acids is 2. The zero-order chi connectivity index (χ0) is 22.6. The van der Waals surface area contributed by atoms with Gasteiger partial charge in [0.15, 0.2) is 11.7 Å². The van der Waals surface area contributed by atoms with Gasteiger partial charge in [0.25, 0.3) is 11.8 Å². The van der Waals surface area contributed by atoms with Crippen LogP contribution in [-0.2, 0) is 9.53 Å². The fourth-order valence-electron chi connectivity index (χ4n) is 2.48. The lowest BCUT2D eigenvalue weighted by atomic mass is 10.0. The van der Waals surface area contributed by atoms with Crippen molar-refractivity contribution < 1.29 is 23.8 Å². The summed E-state index contributed by atoms with van der Waals surface area (Å²) in [5.74, 6) is 0.483. The minimum Gasteiger partial charge on any atom is -0.490 e. The minimum atomic E-state index is -0.471. The molecule has 2 aromatic rings. The van der Waals surface area contributed by atoms with Crippen LogP contribution in [0, 0.1) is 0 Å². The molecule has 8 nitrogen and oxygen atoms in total. The van der Waals surface area contributed by atoms with Gasteiger partial charge in [0.05, 0.1) is 12.2 Å². The van der Waals surface area contributed by atoms with Crippen molar-refractivity contribution in [3.05, 3.63) is 59.7 Å². The molecule has 0 aliphatic carbocycles. The van der Waals surface area contributed by atoms with Gasteiger partial charge in [0.2, 0.25) is 0 Å². The van der Waals surface area contributed by atoms with Gasteiger partial charge in [-0.2, -0.15) is 0 Å². The number of methoxy groups -OCH3 is 1. The molecule has 9 heteroatoms. The van der Waals surface area contributed by atoms with Crippen molar-refractivity contribution in [2.45, 2.75) is 19.8 Å². The zero-order valence-corrected chi connectivity index (χ0v) is 18.6. The van der Waals surface area contributed by atoms with E-state index in [2.05, 4.69) is 30.0 Å². The molecule has 166 valence electrons. The van der Waals surface area contributed by atoms with E-state index in [1.165, 1.54) is 5.56 Å². The third-order valence-corrected chi connectivity index (χ3v) is 4.34. The molecule has 0 radical (unpaired) electrons. The molecule has 3 N–H and O–H groups in total. The Balaban J connectivity index is 1.77. The van der Waals surface area contributed by atoms with Crippen molar-refractivity contribution in [2.24, 2.45) is 0 Å². The second-order valence-corrected chi connectivity index (χ2v) is 7.21. The molecule has 31 heavy (non-hydrogen) atoms. The fraction of sp³-hybridized carbons (Fsp3) is 0.318. The Hall–Kier alpha value is -3.17. The molecule has 0 aliphatic rings. The summed E-state index contributed by atoms with van der Waals surface area (Å²) in [6, 6.07) is 14.3. The Kier molecular flexibility index (Phi) is 9.73. The summed E-state index contributed by atoms with van der Waals surface area (Å²) in [6.07, 6.45) is 0. The van der Waals surface area contributed by atoms with Gasteiger partial charge in [-0.15, -0.1) is 0 Å². The minimum absolute atomic E-state index is 0.0636. The molecular formula is C22H27N3O5S. The van der Waals surface area contributed by atoms with Crippen molar-refractivity contribution in [1.82, 2.24) is 16.2 Å². The quantitative estimate of drug-likeness (QED) is 0.310. The van der Waals surface area contributed by atoms with Gasteiger partial charge >= 0.3 is 0 Å². The van der Waals surface area contributed by atoms with Gasteiger partial charge in [0.1, 0.15) is 18.1 Å².